The van der Waals surface area contributed by atoms with Crippen molar-refractivity contribution in [3.8, 4) is 5.75 Å². The smallest absolute Gasteiger partial charge is 0.126 e. The zero-order valence-corrected chi connectivity index (χ0v) is 13.3. The van der Waals surface area contributed by atoms with Crippen LogP contribution in [0, 0.1) is 0 Å². The molecule has 0 radical (unpaired) electrons. The molecule has 20 heavy (non-hydrogen) atoms. The highest BCUT2D eigenvalue weighted by Crippen LogP contribution is 2.22. The van der Waals surface area contributed by atoms with Gasteiger partial charge in [0.15, 0.2) is 0 Å². The van der Waals surface area contributed by atoms with Gasteiger partial charge < -0.3 is 9.84 Å². The van der Waals surface area contributed by atoms with E-state index in [9.17, 15) is 5.11 Å². The third kappa shape index (κ3) is 6.25. The van der Waals surface area contributed by atoms with E-state index in [1.54, 1.807) is 7.11 Å². The van der Waals surface area contributed by atoms with Crippen LogP contribution in [0.25, 0.3) is 6.08 Å². The predicted octanol–water partition coefficient (Wildman–Crippen LogP) is 4.60. The second-order valence-electron chi connectivity index (χ2n) is 5.89. The van der Waals surface area contributed by atoms with E-state index in [1.165, 1.54) is 5.56 Å². The molecule has 0 saturated carbocycles. The molecule has 2 nitrogen and oxygen atoms in total. The lowest BCUT2D eigenvalue weighted by Gasteiger charge is -2.15. The standard InChI is InChI=1S/C18H28O2/c1-5-15-11-12-17(20-4)16(14-15)10-8-6-7-9-13-18(2,3)19/h8,10-12,14,19H,5-7,9,13H2,1-4H3/b10-8+. The van der Waals surface area contributed by atoms with Crippen LogP contribution >= 0.6 is 0 Å². The lowest BCUT2D eigenvalue weighted by Crippen LogP contribution is -2.17. The first-order valence-corrected chi connectivity index (χ1v) is 7.52. The maximum atomic E-state index is 9.64. The number of methoxy groups -OCH3 is 1. The second-order valence-corrected chi connectivity index (χ2v) is 5.89. The van der Waals surface area contributed by atoms with E-state index in [2.05, 4.69) is 31.2 Å². The zero-order valence-electron chi connectivity index (χ0n) is 13.3. The van der Waals surface area contributed by atoms with Crippen LogP contribution in [-0.4, -0.2) is 17.8 Å². The van der Waals surface area contributed by atoms with Gasteiger partial charge in [0.05, 0.1) is 12.7 Å². The fourth-order valence-corrected chi connectivity index (χ4v) is 2.16. The number of aryl methyl sites for hydroxylation is 1. The summed E-state index contributed by atoms with van der Waals surface area (Å²) in [7, 11) is 1.71. The monoisotopic (exact) mass is 276 g/mol. The number of ether oxygens (including phenoxy) is 1. The summed E-state index contributed by atoms with van der Waals surface area (Å²) in [5.74, 6) is 0.926. The summed E-state index contributed by atoms with van der Waals surface area (Å²) < 4.78 is 5.38. The topological polar surface area (TPSA) is 29.5 Å². The maximum Gasteiger partial charge on any atom is 0.126 e. The number of unbranched alkanes of at least 4 members (excludes halogenated alkanes) is 2. The Kier molecular flexibility index (Phi) is 6.80. The molecule has 0 aromatic heterocycles. The molecule has 1 aromatic rings. The van der Waals surface area contributed by atoms with Crippen LogP contribution in [-0.2, 0) is 6.42 Å². The van der Waals surface area contributed by atoms with Gasteiger partial charge in [0.2, 0.25) is 0 Å². The highest BCUT2D eigenvalue weighted by Gasteiger charge is 2.10. The molecule has 0 atom stereocenters. The number of rotatable bonds is 8. The summed E-state index contributed by atoms with van der Waals surface area (Å²) in [6, 6.07) is 6.33. The van der Waals surface area contributed by atoms with Crippen molar-refractivity contribution in [2.75, 3.05) is 7.11 Å². The van der Waals surface area contributed by atoms with Crippen LogP contribution in [0.3, 0.4) is 0 Å². The van der Waals surface area contributed by atoms with Crippen LogP contribution in [0.4, 0.5) is 0 Å². The van der Waals surface area contributed by atoms with Crippen LogP contribution in [0.1, 0.15) is 57.6 Å². The lowest BCUT2D eigenvalue weighted by atomic mass is 10.0. The molecule has 1 rings (SSSR count). The average molecular weight is 276 g/mol. The van der Waals surface area contributed by atoms with Crippen molar-refractivity contribution in [1.82, 2.24) is 0 Å². The fourth-order valence-electron chi connectivity index (χ4n) is 2.16. The Morgan fingerprint density at radius 3 is 2.60 bits per heavy atom. The van der Waals surface area contributed by atoms with Crippen molar-refractivity contribution in [1.29, 1.82) is 0 Å². The Hall–Kier alpha value is -1.28. The molecule has 0 amide bonds. The molecule has 0 spiro atoms. The SMILES string of the molecule is CCc1ccc(OC)c(/C=C/CCCCC(C)(C)O)c1. The number of hydrogen-bond donors (Lipinski definition) is 1. The Balaban J connectivity index is 2.49. The number of hydrogen-bond acceptors (Lipinski definition) is 2. The lowest BCUT2D eigenvalue weighted by molar-refractivity contribution is 0.0683. The van der Waals surface area contributed by atoms with Gasteiger partial charge >= 0.3 is 0 Å². The van der Waals surface area contributed by atoms with E-state index in [4.69, 9.17) is 4.74 Å². The molecule has 1 N–H and O–H groups in total. The third-order valence-corrected chi connectivity index (χ3v) is 3.41. The van der Waals surface area contributed by atoms with Crippen molar-refractivity contribution in [2.24, 2.45) is 0 Å². The van der Waals surface area contributed by atoms with E-state index in [1.807, 2.05) is 19.9 Å². The normalized spacial score (nSPS) is 12.1. The van der Waals surface area contributed by atoms with E-state index in [0.29, 0.717) is 0 Å². The van der Waals surface area contributed by atoms with E-state index < -0.39 is 5.60 Å². The molecule has 0 aliphatic heterocycles. The van der Waals surface area contributed by atoms with Gasteiger partial charge in [-0.1, -0.05) is 31.6 Å². The number of allylic oxidation sites excluding steroid dienone is 1. The van der Waals surface area contributed by atoms with Crippen LogP contribution in [0.5, 0.6) is 5.75 Å². The van der Waals surface area contributed by atoms with Crippen LogP contribution in [0.15, 0.2) is 24.3 Å². The average Bonchev–Trinajstić information content (AvgIpc) is 2.41. The maximum absolute atomic E-state index is 9.64. The van der Waals surface area contributed by atoms with Crippen LogP contribution in [0.2, 0.25) is 0 Å². The zero-order chi connectivity index (χ0) is 15.0. The van der Waals surface area contributed by atoms with Gasteiger partial charge in [0, 0.05) is 5.56 Å². The van der Waals surface area contributed by atoms with E-state index >= 15 is 0 Å². The summed E-state index contributed by atoms with van der Waals surface area (Å²) in [4.78, 5) is 0. The largest absolute Gasteiger partial charge is 0.496 e. The molecule has 1 aromatic carbocycles. The minimum absolute atomic E-state index is 0.539. The van der Waals surface area contributed by atoms with Crippen molar-refractivity contribution >= 4 is 6.08 Å². The van der Waals surface area contributed by atoms with E-state index in [-0.39, 0.29) is 0 Å². The molecule has 112 valence electrons. The summed E-state index contributed by atoms with van der Waals surface area (Å²) in [6.07, 6.45) is 9.43. The molecule has 2 heteroatoms. The molecule has 0 bridgehead atoms. The third-order valence-electron chi connectivity index (χ3n) is 3.41. The Morgan fingerprint density at radius 1 is 1.25 bits per heavy atom. The molecule has 0 fully saturated rings. The molecule has 0 aliphatic carbocycles. The van der Waals surface area contributed by atoms with Crippen molar-refractivity contribution < 1.29 is 9.84 Å². The van der Waals surface area contributed by atoms with Crippen molar-refractivity contribution in [3.05, 3.63) is 35.4 Å². The minimum atomic E-state index is -0.539. The summed E-state index contributed by atoms with van der Waals surface area (Å²) in [5.41, 5.74) is 1.93. The molecule has 0 heterocycles. The van der Waals surface area contributed by atoms with Crippen molar-refractivity contribution in [3.63, 3.8) is 0 Å². The highest BCUT2D eigenvalue weighted by molar-refractivity contribution is 5.58. The van der Waals surface area contributed by atoms with Gasteiger partial charge in [-0.2, -0.15) is 0 Å². The Morgan fingerprint density at radius 2 is 2.00 bits per heavy atom. The summed E-state index contributed by atoms with van der Waals surface area (Å²) in [6.45, 7) is 5.89. The fraction of sp³-hybridized carbons (Fsp3) is 0.556. The Labute approximate surface area is 123 Å². The second kappa shape index (κ2) is 8.11. The van der Waals surface area contributed by atoms with Gasteiger partial charge in [-0.15, -0.1) is 0 Å². The van der Waals surface area contributed by atoms with E-state index in [0.717, 1.165) is 43.4 Å². The van der Waals surface area contributed by atoms with Gasteiger partial charge in [-0.25, -0.2) is 0 Å². The van der Waals surface area contributed by atoms with Gasteiger partial charge in [0.1, 0.15) is 5.75 Å². The molecular formula is C18H28O2. The highest BCUT2D eigenvalue weighted by atomic mass is 16.5. The quantitative estimate of drug-likeness (QED) is 0.703. The molecule has 0 saturated heterocycles. The first kappa shape index (κ1) is 16.8. The van der Waals surface area contributed by atoms with Crippen LogP contribution < -0.4 is 4.74 Å². The minimum Gasteiger partial charge on any atom is -0.496 e. The first-order chi connectivity index (χ1) is 9.46. The number of benzene rings is 1. The number of aliphatic hydroxyl groups is 1. The summed E-state index contributed by atoms with van der Waals surface area (Å²) >= 11 is 0. The van der Waals surface area contributed by atoms with Gasteiger partial charge in [-0.05, 0) is 57.2 Å². The Bertz CT molecular complexity index is 428. The van der Waals surface area contributed by atoms with Gasteiger partial charge in [-0.3, -0.25) is 0 Å². The van der Waals surface area contributed by atoms with Gasteiger partial charge in [0.25, 0.3) is 0 Å². The van der Waals surface area contributed by atoms with Crippen molar-refractivity contribution in [2.45, 2.75) is 58.5 Å². The molecule has 0 unspecified atom stereocenters. The first-order valence-electron chi connectivity index (χ1n) is 7.52. The predicted molar refractivity (Wildman–Crippen MR) is 86.2 cm³/mol. The molecule has 0 aliphatic rings. The molecular weight excluding hydrogens is 248 g/mol. The summed E-state index contributed by atoms with van der Waals surface area (Å²) in [5, 5.41) is 9.64.